The minimum Gasteiger partial charge on any atom is -0.488 e. The molecule has 0 radical (unpaired) electrons. The van der Waals surface area contributed by atoms with E-state index < -0.39 is 5.82 Å². The lowest BCUT2D eigenvalue weighted by Crippen LogP contribution is -2.34. The number of aromatic nitrogens is 4. The van der Waals surface area contributed by atoms with E-state index in [2.05, 4.69) is 25.6 Å². The van der Waals surface area contributed by atoms with E-state index in [0.29, 0.717) is 47.6 Å². The third-order valence-electron chi connectivity index (χ3n) is 6.32. The zero-order valence-corrected chi connectivity index (χ0v) is 18.7. The first kappa shape index (κ1) is 22.2. The number of nitrogens with one attached hydrogen (secondary N) is 2. The number of aryl methyl sites for hydroxylation is 1. The van der Waals surface area contributed by atoms with Gasteiger partial charge in [0.25, 0.3) is 11.5 Å². The summed E-state index contributed by atoms with van der Waals surface area (Å²) in [6.45, 7) is 0.833. The summed E-state index contributed by atoms with van der Waals surface area (Å²) < 4.78 is 27.1. The van der Waals surface area contributed by atoms with Gasteiger partial charge in [0.1, 0.15) is 11.3 Å². The van der Waals surface area contributed by atoms with Gasteiger partial charge in [-0.15, -0.1) is 0 Å². The fourth-order valence-electron chi connectivity index (χ4n) is 4.39. The summed E-state index contributed by atoms with van der Waals surface area (Å²) in [5.74, 6) is 1.09. The van der Waals surface area contributed by atoms with Crippen LogP contribution in [0.2, 0.25) is 0 Å². The predicted molar refractivity (Wildman–Crippen MR) is 121 cm³/mol. The Balaban J connectivity index is 1.15. The van der Waals surface area contributed by atoms with Crippen LogP contribution < -0.4 is 25.7 Å². The zero-order valence-electron chi connectivity index (χ0n) is 18.7. The third kappa shape index (κ3) is 4.56. The second-order valence-corrected chi connectivity index (χ2v) is 8.65. The van der Waals surface area contributed by atoms with Gasteiger partial charge in [-0.3, -0.25) is 9.59 Å². The molecular formula is C23H25FN6O4. The fourth-order valence-corrected chi connectivity index (χ4v) is 4.39. The molecular weight excluding hydrogens is 443 g/mol. The number of halogens is 1. The number of hydrogen-bond donors (Lipinski definition) is 2. The Bertz CT molecular complexity index is 1290. The molecule has 5 rings (SSSR count). The quantitative estimate of drug-likeness (QED) is 0.563. The SMILES string of the molecule is Cn1c(=O)cnc2ccc(F)c(OC[C@H]3CC[C@H](NCc4ncc5c(n4)NC(=O)CO5)CC3)c21. The number of benzene rings is 1. The molecule has 1 amide bonds. The lowest BCUT2D eigenvalue weighted by molar-refractivity contribution is -0.118. The van der Waals surface area contributed by atoms with Crippen molar-refractivity contribution < 1.29 is 18.7 Å². The molecule has 10 nitrogen and oxygen atoms in total. The van der Waals surface area contributed by atoms with Gasteiger partial charge >= 0.3 is 0 Å². The number of amides is 1. The van der Waals surface area contributed by atoms with Crippen LogP contribution in [0, 0.1) is 11.7 Å². The Morgan fingerprint density at radius 1 is 1.21 bits per heavy atom. The Morgan fingerprint density at radius 3 is 2.85 bits per heavy atom. The van der Waals surface area contributed by atoms with Gasteiger partial charge in [-0.25, -0.2) is 19.3 Å². The lowest BCUT2D eigenvalue weighted by Gasteiger charge is -2.29. The van der Waals surface area contributed by atoms with E-state index in [1.807, 2.05) is 0 Å². The Morgan fingerprint density at radius 2 is 2.03 bits per heavy atom. The van der Waals surface area contributed by atoms with E-state index in [1.54, 1.807) is 19.3 Å². The van der Waals surface area contributed by atoms with E-state index in [4.69, 9.17) is 9.47 Å². The molecule has 0 atom stereocenters. The molecule has 0 saturated heterocycles. The normalized spacial score (nSPS) is 19.9. The lowest BCUT2D eigenvalue weighted by atomic mass is 9.86. The Labute approximate surface area is 194 Å². The van der Waals surface area contributed by atoms with Gasteiger partial charge < -0.3 is 24.7 Å². The first-order chi connectivity index (χ1) is 16.5. The van der Waals surface area contributed by atoms with Gasteiger partial charge in [-0.1, -0.05) is 0 Å². The molecule has 1 aliphatic carbocycles. The van der Waals surface area contributed by atoms with Crippen LogP contribution in [0.25, 0.3) is 11.0 Å². The number of nitrogens with zero attached hydrogens (tertiary/aromatic N) is 4. The van der Waals surface area contributed by atoms with Crippen LogP contribution in [0.1, 0.15) is 31.5 Å². The number of fused-ring (bicyclic) bond motifs is 2. The highest BCUT2D eigenvalue weighted by atomic mass is 19.1. The molecule has 1 fully saturated rings. The highest BCUT2D eigenvalue weighted by Crippen LogP contribution is 2.30. The van der Waals surface area contributed by atoms with E-state index in [0.717, 1.165) is 25.7 Å². The summed E-state index contributed by atoms with van der Waals surface area (Å²) >= 11 is 0. The van der Waals surface area contributed by atoms with E-state index in [-0.39, 0.29) is 29.7 Å². The van der Waals surface area contributed by atoms with Crippen molar-refractivity contribution in [1.29, 1.82) is 0 Å². The van der Waals surface area contributed by atoms with E-state index in [9.17, 15) is 14.0 Å². The molecule has 3 aromatic rings. The molecule has 3 heterocycles. The van der Waals surface area contributed by atoms with Gasteiger partial charge in [0.15, 0.2) is 29.7 Å². The van der Waals surface area contributed by atoms with Crippen molar-refractivity contribution in [3.63, 3.8) is 0 Å². The van der Waals surface area contributed by atoms with Crippen LogP contribution in [0.3, 0.4) is 0 Å². The van der Waals surface area contributed by atoms with Crippen LogP contribution in [0.4, 0.5) is 10.2 Å². The fraction of sp³-hybridized carbons (Fsp3) is 0.435. The van der Waals surface area contributed by atoms with E-state index >= 15 is 0 Å². The van der Waals surface area contributed by atoms with Crippen LogP contribution in [0.15, 0.2) is 29.3 Å². The molecule has 1 aliphatic heterocycles. The molecule has 178 valence electrons. The third-order valence-corrected chi connectivity index (χ3v) is 6.32. The minimum atomic E-state index is -0.502. The molecule has 34 heavy (non-hydrogen) atoms. The summed E-state index contributed by atoms with van der Waals surface area (Å²) in [7, 11) is 1.59. The van der Waals surface area contributed by atoms with Crippen molar-refractivity contribution in [1.82, 2.24) is 24.8 Å². The van der Waals surface area contributed by atoms with Crippen LogP contribution in [-0.2, 0) is 18.4 Å². The van der Waals surface area contributed by atoms with Crippen molar-refractivity contribution >= 4 is 22.8 Å². The van der Waals surface area contributed by atoms with Crippen LogP contribution >= 0.6 is 0 Å². The van der Waals surface area contributed by atoms with E-state index in [1.165, 1.54) is 16.8 Å². The van der Waals surface area contributed by atoms with Gasteiger partial charge in [0, 0.05) is 13.1 Å². The standard InChI is InChI=1S/C23H25FN6O4/c1-30-20(32)10-26-16-7-6-15(24)22(21(16)30)34-11-13-2-4-14(5-3-13)25-9-18-27-8-17-23(28-18)29-19(31)12-33-17/h6-8,10,13-14,25H,2-5,9,11-12H2,1H3,(H,27,28,29,31)/t13-,14-. The molecule has 2 aromatic heterocycles. The first-order valence-electron chi connectivity index (χ1n) is 11.3. The number of rotatable bonds is 6. The van der Waals surface area contributed by atoms with Crippen LogP contribution in [-0.4, -0.2) is 44.7 Å². The van der Waals surface area contributed by atoms with Crippen molar-refractivity contribution in [3.05, 3.63) is 46.5 Å². The highest BCUT2D eigenvalue weighted by molar-refractivity contribution is 5.94. The molecule has 0 unspecified atom stereocenters. The summed E-state index contributed by atoms with van der Waals surface area (Å²) in [5.41, 5.74) is 0.573. The van der Waals surface area contributed by atoms with Crippen molar-refractivity contribution in [3.8, 4) is 11.5 Å². The predicted octanol–water partition coefficient (Wildman–Crippen LogP) is 1.92. The smallest absolute Gasteiger partial charge is 0.269 e. The molecule has 0 bridgehead atoms. The maximum absolute atomic E-state index is 14.5. The average molecular weight is 468 g/mol. The molecule has 1 saturated carbocycles. The van der Waals surface area contributed by atoms with Gasteiger partial charge in [0.2, 0.25) is 0 Å². The highest BCUT2D eigenvalue weighted by Gasteiger charge is 2.24. The minimum absolute atomic E-state index is 0.0247. The first-order valence-corrected chi connectivity index (χ1v) is 11.3. The Hall–Kier alpha value is -3.60. The number of hydrogen-bond acceptors (Lipinski definition) is 8. The maximum Gasteiger partial charge on any atom is 0.269 e. The number of carbonyl (C=O) groups is 1. The van der Waals surface area contributed by atoms with Gasteiger partial charge in [-0.2, -0.15) is 0 Å². The zero-order chi connectivity index (χ0) is 23.7. The monoisotopic (exact) mass is 468 g/mol. The summed E-state index contributed by atoms with van der Waals surface area (Å²) in [6.07, 6.45) is 6.53. The molecule has 11 heteroatoms. The molecule has 2 aliphatic rings. The summed E-state index contributed by atoms with van der Waals surface area (Å²) in [5, 5.41) is 6.16. The van der Waals surface area contributed by atoms with Gasteiger partial charge in [-0.05, 0) is 43.7 Å². The molecule has 2 N–H and O–H groups in total. The number of ether oxygens (including phenoxy) is 2. The van der Waals surface area contributed by atoms with Crippen molar-refractivity contribution in [2.45, 2.75) is 38.3 Å². The second-order valence-electron chi connectivity index (χ2n) is 8.65. The largest absolute Gasteiger partial charge is 0.488 e. The second kappa shape index (κ2) is 9.34. The van der Waals surface area contributed by atoms with Crippen LogP contribution in [0.5, 0.6) is 11.5 Å². The van der Waals surface area contributed by atoms with Crippen molar-refractivity contribution in [2.75, 3.05) is 18.5 Å². The molecule has 0 spiro atoms. The Kier molecular flexibility index (Phi) is 6.10. The maximum atomic E-state index is 14.5. The average Bonchev–Trinajstić information content (AvgIpc) is 2.85. The number of anilines is 1. The topological polar surface area (TPSA) is 120 Å². The molecule has 1 aromatic carbocycles. The number of carbonyl (C=O) groups excluding carboxylic acids is 1. The summed E-state index contributed by atoms with van der Waals surface area (Å²) in [6, 6.07) is 3.17. The summed E-state index contributed by atoms with van der Waals surface area (Å²) in [4.78, 5) is 36.2. The van der Waals surface area contributed by atoms with Crippen molar-refractivity contribution in [2.24, 2.45) is 13.0 Å². The van der Waals surface area contributed by atoms with Gasteiger partial charge in [0.05, 0.1) is 31.1 Å².